The lowest BCUT2D eigenvalue weighted by Gasteiger charge is -2.17. The third-order valence-electron chi connectivity index (χ3n) is 2.62. The van der Waals surface area contributed by atoms with Gasteiger partial charge < -0.3 is 15.4 Å². The molecule has 0 aliphatic carbocycles. The number of aliphatic imine (C=N–C) groups is 1. The van der Waals surface area contributed by atoms with Crippen LogP contribution in [0.1, 0.15) is 18.9 Å². The Morgan fingerprint density at radius 1 is 1.39 bits per heavy atom. The third-order valence-corrected chi connectivity index (χ3v) is 2.62. The molecule has 0 unspecified atom stereocenters. The van der Waals surface area contributed by atoms with E-state index in [2.05, 4.69) is 21.7 Å². The molecule has 2 rings (SSSR count). The highest BCUT2D eigenvalue weighted by atomic mass is 127. The van der Waals surface area contributed by atoms with Crippen LogP contribution in [0.5, 0.6) is 5.75 Å². The van der Waals surface area contributed by atoms with Gasteiger partial charge in [-0.1, -0.05) is 18.2 Å². The van der Waals surface area contributed by atoms with Gasteiger partial charge in [0.25, 0.3) is 0 Å². The smallest absolute Gasteiger partial charge is 0.191 e. The molecule has 0 fully saturated rings. The average Bonchev–Trinajstić information content (AvgIpc) is 2.39. The Balaban J connectivity index is 0.00000162. The summed E-state index contributed by atoms with van der Waals surface area (Å²) >= 11 is 0. The maximum Gasteiger partial charge on any atom is 0.191 e. The van der Waals surface area contributed by atoms with Crippen molar-refractivity contribution in [1.82, 2.24) is 10.6 Å². The van der Waals surface area contributed by atoms with Crippen LogP contribution in [0, 0.1) is 0 Å². The van der Waals surface area contributed by atoms with Gasteiger partial charge in [0.1, 0.15) is 5.75 Å². The van der Waals surface area contributed by atoms with E-state index in [4.69, 9.17) is 4.74 Å². The molecule has 4 nitrogen and oxygen atoms in total. The number of benzene rings is 1. The molecule has 0 atom stereocenters. The van der Waals surface area contributed by atoms with Crippen LogP contribution < -0.4 is 15.4 Å². The SMILES string of the molecule is CCOc1ccccc1CNC1=NCCCN1.I. The molecule has 1 aliphatic heterocycles. The van der Waals surface area contributed by atoms with E-state index in [1.807, 2.05) is 25.1 Å². The van der Waals surface area contributed by atoms with Crippen LogP contribution in [-0.4, -0.2) is 25.7 Å². The number of guanidine groups is 1. The first-order valence-corrected chi connectivity index (χ1v) is 6.13. The molecule has 1 aliphatic rings. The van der Waals surface area contributed by atoms with Crippen molar-refractivity contribution >= 4 is 29.9 Å². The van der Waals surface area contributed by atoms with Gasteiger partial charge >= 0.3 is 0 Å². The van der Waals surface area contributed by atoms with Crippen LogP contribution in [0.2, 0.25) is 0 Å². The van der Waals surface area contributed by atoms with Crippen molar-refractivity contribution in [2.24, 2.45) is 4.99 Å². The van der Waals surface area contributed by atoms with Crippen molar-refractivity contribution in [2.45, 2.75) is 19.9 Å². The maximum atomic E-state index is 5.58. The quantitative estimate of drug-likeness (QED) is 0.808. The van der Waals surface area contributed by atoms with Crippen LogP contribution in [0.25, 0.3) is 0 Å². The molecular weight excluding hydrogens is 341 g/mol. The third kappa shape index (κ3) is 4.36. The molecule has 0 spiro atoms. The van der Waals surface area contributed by atoms with Gasteiger partial charge in [-0.3, -0.25) is 4.99 Å². The molecule has 5 heteroatoms. The summed E-state index contributed by atoms with van der Waals surface area (Å²) in [4.78, 5) is 4.37. The molecule has 0 amide bonds. The fraction of sp³-hybridized carbons (Fsp3) is 0.462. The summed E-state index contributed by atoms with van der Waals surface area (Å²) in [7, 11) is 0. The molecular formula is C13H20IN3O. The Kier molecular flexibility index (Phi) is 6.85. The summed E-state index contributed by atoms with van der Waals surface area (Å²) < 4.78 is 5.58. The Hall–Kier alpha value is -0.980. The summed E-state index contributed by atoms with van der Waals surface area (Å²) in [5.41, 5.74) is 1.16. The second-order valence-electron chi connectivity index (χ2n) is 3.90. The zero-order valence-electron chi connectivity index (χ0n) is 10.6. The summed E-state index contributed by atoms with van der Waals surface area (Å²) in [6.45, 7) is 5.33. The largest absolute Gasteiger partial charge is 0.494 e. The van der Waals surface area contributed by atoms with Gasteiger partial charge in [0.2, 0.25) is 0 Å². The Morgan fingerprint density at radius 3 is 2.94 bits per heavy atom. The maximum absolute atomic E-state index is 5.58. The zero-order chi connectivity index (χ0) is 11.9. The van der Waals surface area contributed by atoms with Crippen molar-refractivity contribution in [3.8, 4) is 5.75 Å². The minimum atomic E-state index is 0. The van der Waals surface area contributed by atoms with Gasteiger partial charge in [0, 0.05) is 25.2 Å². The molecule has 0 bridgehead atoms. The Labute approximate surface area is 125 Å². The molecule has 1 aromatic rings. The van der Waals surface area contributed by atoms with Gasteiger partial charge in [-0.2, -0.15) is 0 Å². The first-order chi connectivity index (χ1) is 8.40. The van der Waals surface area contributed by atoms with Gasteiger partial charge in [-0.15, -0.1) is 24.0 Å². The fourth-order valence-electron chi connectivity index (χ4n) is 1.78. The van der Waals surface area contributed by atoms with E-state index in [0.717, 1.165) is 43.3 Å². The number of halogens is 1. The van der Waals surface area contributed by atoms with E-state index >= 15 is 0 Å². The number of hydrogen-bond donors (Lipinski definition) is 2. The number of nitrogens with zero attached hydrogens (tertiary/aromatic N) is 1. The number of ether oxygens (including phenoxy) is 1. The normalized spacial score (nSPS) is 13.9. The molecule has 0 aromatic heterocycles. The fourth-order valence-corrected chi connectivity index (χ4v) is 1.78. The second kappa shape index (κ2) is 8.18. The number of nitrogens with one attached hydrogen (secondary N) is 2. The van der Waals surface area contributed by atoms with E-state index < -0.39 is 0 Å². The lowest BCUT2D eigenvalue weighted by Crippen LogP contribution is -2.40. The molecule has 0 saturated heterocycles. The van der Waals surface area contributed by atoms with Crippen LogP contribution >= 0.6 is 24.0 Å². The van der Waals surface area contributed by atoms with Crippen molar-refractivity contribution < 1.29 is 4.74 Å². The van der Waals surface area contributed by atoms with E-state index in [9.17, 15) is 0 Å². The first-order valence-electron chi connectivity index (χ1n) is 6.13. The van der Waals surface area contributed by atoms with Gasteiger partial charge in [-0.05, 0) is 19.4 Å². The summed E-state index contributed by atoms with van der Waals surface area (Å²) in [6, 6.07) is 8.08. The minimum Gasteiger partial charge on any atom is -0.494 e. The van der Waals surface area contributed by atoms with E-state index in [0.29, 0.717) is 6.61 Å². The van der Waals surface area contributed by atoms with Gasteiger partial charge in [-0.25, -0.2) is 0 Å². The lowest BCUT2D eigenvalue weighted by atomic mass is 10.2. The first kappa shape index (κ1) is 15.1. The molecule has 2 N–H and O–H groups in total. The van der Waals surface area contributed by atoms with Crippen molar-refractivity contribution in [2.75, 3.05) is 19.7 Å². The summed E-state index contributed by atoms with van der Waals surface area (Å²) in [5.74, 6) is 1.83. The Morgan fingerprint density at radius 2 is 2.22 bits per heavy atom. The van der Waals surface area contributed by atoms with Crippen molar-refractivity contribution in [3.05, 3.63) is 29.8 Å². The average molecular weight is 361 g/mol. The zero-order valence-corrected chi connectivity index (χ0v) is 12.9. The number of rotatable bonds is 4. The standard InChI is InChI=1S/C13H19N3O.HI/c1-2-17-12-7-4-3-6-11(12)10-16-13-14-8-5-9-15-13;/h3-4,6-7H,2,5,8-10H2,1H3,(H2,14,15,16);1H. The summed E-state index contributed by atoms with van der Waals surface area (Å²) in [5, 5.41) is 6.53. The van der Waals surface area contributed by atoms with Crippen molar-refractivity contribution in [1.29, 1.82) is 0 Å². The second-order valence-corrected chi connectivity index (χ2v) is 3.90. The van der Waals surface area contributed by atoms with Crippen LogP contribution in [0.3, 0.4) is 0 Å². The molecule has 1 aromatic carbocycles. The molecule has 18 heavy (non-hydrogen) atoms. The van der Waals surface area contributed by atoms with E-state index in [1.165, 1.54) is 0 Å². The predicted octanol–water partition coefficient (Wildman–Crippen LogP) is 2.14. The van der Waals surface area contributed by atoms with E-state index in [1.54, 1.807) is 0 Å². The summed E-state index contributed by atoms with van der Waals surface area (Å²) in [6.07, 6.45) is 1.11. The highest BCUT2D eigenvalue weighted by Gasteiger charge is 2.05. The predicted molar refractivity (Wildman–Crippen MR) is 84.8 cm³/mol. The van der Waals surface area contributed by atoms with Crippen molar-refractivity contribution in [3.63, 3.8) is 0 Å². The number of para-hydroxylation sites is 1. The molecule has 1 heterocycles. The topological polar surface area (TPSA) is 45.6 Å². The van der Waals surface area contributed by atoms with Gasteiger partial charge in [0.05, 0.1) is 6.61 Å². The highest BCUT2D eigenvalue weighted by molar-refractivity contribution is 14.0. The highest BCUT2D eigenvalue weighted by Crippen LogP contribution is 2.17. The molecule has 0 radical (unpaired) electrons. The van der Waals surface area contributed by atoms with Gasteiger partial charge in [0.15, 0.2) is 5.96 Å². The van der Waals surface area contributed by atoms with Crippen LogP contribution in [0.15, 0.2) is 29.3 Å². The number of hydrogen-bond acceptors (Lipinski definition) is 4. The Bertz CT molecular complexity index is 396. The van der Waals surface area contributed by atoms with E-state index in [-0.39, 0.29) is 24.0 Å². The molecule has 0 saturated carbocycles. The lowest BCUT2D eigenvalue weighted by molar-refractivity contribution is 0.336. The minimum absolute atomic E-state index is 0. The monoisotopic (exact) mass is 361 g/mol. The van der Waals surface area contributed by atoms with Crippen LogP contribution in [-0.2, 0) is 6.54 Å². The molecule has 100 valence electrons. The van der Waals surface area contributed by atoms with Crippen LogP contribution in [0.4, 0.5) is 0 Å².